The van der Waals surface area contributed by atoms with Crippen LogP contribution in [0.25, 0.3) is 0 Å². The summed E-state index contributed by atoms with van der Waals surface area (Å²) in [4.78, 5) is 0. The molecule has 0 spiro atoms. The molecule has 1 atom stereocenters. The molecule has 0 radical (unpaired) electrons. The lowest BCUT2D eigenvalue weighted by molar-refractivity contribution is 0.462. The molecule has 0 bridgehead atoms. The maximum absolute atomic E-state index is 13.2. The van der Waals surface area contributed by atoms with Gasteiger partial charge in [0.15, 0.2) is 11.6 Å². The van der Waals surface area contributed by atoms with Crippen LogP contribution >= 0.6 is 0 Å². The normalized spacial score (nSPS) is 12.9. The molecule has 0 aliphatic heterocycles. The smallest absolute Gasteiger partial charge is 0.165 e. The van der Waals surface area contributed by atoms with Crippen LogP contribution in [-0.2, 0) is 0 Å². The van der Waals surface area contributed by atoms with E-state index >= 15 is 0 Å². The highest BCUT2D eigenvalue weighted by atomic mass is 19.2. The second kappa shape index (κ2) is 4.49. The fourth-order valence-corrected chi connectivity index (χ4v) is 1.57. The molecule has 0 fully saturated rings. The van der Waals surface area contributed by atoms with Crippen molar-refractivity contribution in [2.45, 2.75) is 32.6 Å². The first-order valence-corrected chi connectivity index (χ1v) is 4.71. The van der Waals surface area contributed by atoms with Gasteiger partial charge in [-0.2, -0.15) is 0 Å². The Kier molecular flexibility index (Phi) is 3.55. The molecule has 1 aromatic carbocycles. The van der Waals surface area contributed by atoms with Crippen LogP contribution in [0.5, 0.6) is 0 Å². The van der Waals surface area contributed by atoms with Gasteiger partial charge in [-0.05, 0) is 24.5 Å². The molecule has 0 heterocycles. The second-order valence-electron chi connectivity index (χ2n) is 3.45. The van der Waals surface area contributed by atoms with E-state index in [1.165, 1.54) is 0 Å². The summed E-state index contributed by atoms with van der Waals surface area (Å²) >= 11 is 0. The third kappa shape index (κ3) is 2.08. The Hall–Kier alpha value is -0.990. The van der Waals surface area contributed by atoms with Crippen LogP contribution in [0.4, 0.5) is 13.2 Å². The van der Waals surface area contributed by atoms with Crippen molar-refractivity contribution in [3.63, 3.8) is 0 Å². The summed E-state index contributed by atoms with van der Waals surface area (Å²) in [6, 6.07) is 1.78. The summed E-state index contributed by atoms with van der Waals surface area (Å²) in [6.07, 6.45) is 1.47. The van der Waals surface area contributed by atoms with E-state index in [1.807, 2.05) is 6.92 Å². The first-order chi connectivity index (χ1) is 6.57. The zero-order valence-corrected chi connectivity index (χ0v) is 8.28. The Morgan fingerprint density at radius 3 is 2.29 bits per heavy atom. The first kappa shape index (κ1) is 11.1. The van der Waals surface area contributed by atoms with Gasteiger partial charge in [-0.25, -0.2) is 13.2 Å². The molecular formula is C11H13F3. The average Bonchev–Trinajstić information content (AvgIpc) is 2.13. The summed E-state index contributed by atoms with van der Waals surface area (Å²) in [5.41, 5.74) is -0.133. The molecule has 0 saturated carbocycles. The van der Waals surface area contributed by atoms with Gasteiger partial charge in [-0.3, -0.25) is 0 Å². The van der Waals surface area contributed by atoms with E-state index in [4.69, 9.17) is 0 Å². The van der Waals surface area contributed by atoms with Gasteiger partial charge in [0.2, 0.25) is 0 Å². The van der Waals surface area contributed by atoms with Gasteiger partial charge in [0.05, 0.1) is 0 Å². The lowest BCUT2D eigenvalue weighted by atomic mass is 9.95. The fraction of sp³-hybridized carbons (Fsp3) is 0.455. The van der Waals surface area contributed by atoms with Crippen molar-refractivity contribution in [2.75, 3.05) is 0 Å². The standard InChI is InChI=1S/C11H13F3/c1-3-4-7(2)10-8(12)5-6-9(13)11(10)14/h5-7H,3-4H2,1-2H3. The highest BCUT2D eigenvalue weighted by molar-refractivity contribution is 5.24. The minimum atomic E-state index is -1.05. The third-order valence-electron chi connectivity index (χ3n) is 2.29. The quantitative estimate of drug-likeness (QED) is 0.650. The first-order valence-electron chi connectivity index (χ1n) is 4.71. The Bertz CT molecular complexity index is 321. The average molecular weight is 202 g/mol. The number of benzene rings is 1. The molecule has 1 aromatic rings. The molecule has 0 N–H and O–H groups in total. The van der Waals surface area contributed by atoms with Gasteiger partial charge in [0.25, 0.3) is 0 Å². The van der Waals surface area contributed by atoms with Gasteiger partial charge in [-0.1, -0.05) is 20.3 Å². The lowest BCUT2D eigenvalue weighted by Crippen LogP contribution is -2.03. The zero-order valence-electron chi connectivity index (χ0n) is 8.28. The van der Waals surface area contributed by atoms with Crippen LogP contribution < -0.4 is 0 Å². The molecule has 14 heavy (non-hydrogen) atoms. The van der Waals surface area contributed by atoms with Gasteiger partial charge in [-0.15, -0.1) is 0 Å². The Balaban J connectivity index is 3.11. The molecule has 0 aromatic heterocycles. The van der Waals surface area contributed by atoms with Crippen LogP contribution in [-0.4, -0.2) is 0 Å². The highest BCUT2D eigenvalue weighted by Gasteiger charge is 2.18. The monoisotopic (exact) mass is 202 g/mol. The summed E-state index contributed by atoms with van der Waals surface area (Å²) in [5, 5.41) is 0. The minimum Gasteiger partial charge on any atom is -0.207 e. The van der Waals surface area contributed by atoms with E-state index in [9.17, 15) is 13.2 Å². The van der Waals surface area contributed by atoms with Crippen molar-refractivity contribution < 1.29 is 13.2 Å². The molecule has 0 saturated heterocycles. The molecule has 3 heteroatoms. The molecule has 0 amide bonds. The fourth-order valence-electron chi connectivity index (χ4n) is 1.57. The zero-order chi connectivity index (χ0) is 10.7. The van der Waals surface area contributed by atoms with Crippen LogP contribution in [0.3, 0.4) is 0 Å². The van der Waals surface area contributed by atoms with E-state index in [0.29, 0.717) is 6.42 Å². The largest absolute Gasteiger partial charge is 0.207 e. The van der Waals surface area contributed by atoms with Crippen molar-refractivity contribution in [3.05, 3.63) is 35.1 Å². The number of rotatable bonds is 3. The SMILES string of the molecule is CCCC(C)c1c(F)ccc(F)c1F. The number of hydrogen-bond acceptors (Lipinski definition) is 0. The van der Waals surface area contributed by atoms with Crippen LogP contribution in [0, 0.1) is 17.5 Å². The van der Waals surface area contributed by atoms with Gasteiger partial charge in [0.1, 0.15) is 5.82 Å². The lowest BCUT2D eigenvalue weighted by Gasteiger charge is -2.12. The van der Waals surface area contributed by atoms with Crippen molar-refractivity contribution in [1.82, 2.24) is 0 Å². The summed E-state index contributed by atoms with van der Waals surface area (Å²) < 4.78 is 39.2. The van der Waals surface area contributed by atoms with E-state index < -0.39 is 17.5 Å². The topological polar surface area (TPSA) is 0 Å². The Morgan fingerprint density at radius 1 is 1.14 bits per heavy atom. The van der Waals surface area contributed by atoms with Crippen LogP contribution in [0.1, 0.15) is 38.2 Å². The Labute approximate surface area is 81.8 Å². The summed E-state index contributed by atoms with van der Waals surface area (Å²) in [6.45, 7) is 3.62. The van der Waals surface area contributed by atoms with E-state index in [2.05, 4.69) is 0 Å². The molecule has 1 rings (SSSR count). The predicted octanol–water partition coefficient (Wildman–Crippen LogP) is 4.01. The van der Waals surface area contributed by atoms with Crippen molar-refractivity contribution >= 4 is 0 Å². The van der Waals surface area contributed by atoms with Gasteiger partial charge >= 0.3 is 0 Å². The van der Waals surface area contributed by atoms with Crippen molar-refractivity contribution in [3.8, 4) is 0 Å². The summed E-state index contributed by atoms with van der Waals surface area (Å²) in [7, 11) is 0. The molecule has 0 aliphatic rings. The minimum absolute atomic E-state index is 0.133. The molecule has 0 nitrogen and oxygen atoms in total. The maximum Gasteiger partial charge on any atom is 0.165 e. The van der Waals surface area contributed by atoms with E-state index in [1.54, 1.807) is 6.92 Å². The molecular weight excluding hydrogens is 189 g/mol. The molecule has 78 valence electrons. The second-order valence-corrected chi connectivity index (χ2v) is 3.45. The number of halogens is 3. The van der Waals surface area contributed by atoms with E-state index in [-0.39, 0.29) is 11.5 Å². The van der Waals surface area contributed by atoms with Crippen LogP contribution in [0.15, 0.2) is 12.1 Å². The van der Waals surface area contributed by atoms with Gasteiger partial charge < -0.3 is 0 Å². The van der Waals surface area contributed by atoms with E-state index in [0.717, 1.165) is 18.6 Å². The third-order valence-corrected chi connectivity index (χ3v) is 2.29. The summed E-state index contributed by atoms with van der Waals surface area (Å²) in [5.74, 6) is -2.98. The van der Waals surface area contributed by atoms with Crippen molar-refractivity contribution in [2.24, 2.45) is 0 Å². The number of hydrogen-bond donors (Lipinski definition) is 0. The highest BCUT2D eigenvalue weighted by Crippen LogP contribution is 2.27. The predicted molar refractivity (Wildman–Crippen MR) is 49.6 cm³/mol. The molecule has 1 unspecified atom stereocenters. The molecule has 0 aliphatic carbocycles. The maximum atomic E-state index is 13.2. The van der Waals surface area contributed by atoms with Crippen LogP contribution in [0.2, 0.25) is 0 Å². The van der Waals surface area contributed by atoms with Crippen molar-refractivity contribution in [1.29, 1.82) is 0 Å². The Morgan fingerprint density at radius 2 is 1.71 bits per heavy atom. The van der Waals surface area contributed by atoms with Gasteiger partial charge in [0, 0.05) is 5.56 Å².